The fourth-order valence-electron chi connectivity index (χ4n) is 1.40. The topological polar surface area (TPSA) is 78.2 Å². The molecular weight excluding hydrogens is 321 g/mol. The molecule has 0 saturated carbocycles. The molecule has 0 aliphatic heterocycles. The summed E-state index contributed by atoms with van der Waals surface area (Å²) in [5.74, 6) is -0.840. The van der Waals surface area contributed by atoms with Crippen LogP contribution in [0.2, 0.25) is 0 Å². The molecular formula is C11H7BrFN3O3. The maximum Gasteiger partial charge on any atom is 0.275 e. The number of hydrogen-bond donors (Lipinski definition) is 0. The molecule has 1 aromatic carbocycles. The summed E-state index contributed by atoms with van der Waals surface area (Å²) in [6, 6.07) is 2.07. The summed E-state index contributed by atoms with van der Waals surface area (Å²) >= 11 is 3.15. The molecule has 0 bridgehead atoms. The van der Waals surface area contributed by atoms with Crippen molar-refractivity contribution in [3.63, 3.8) is 0 Å². The van der Waals surface area contributed by atoms with Gasteiger partial charge in [0.25, 0.3) is 5.69 Å². The zero-order chi connectivity index (χ0) is 14.0. The quantitative estimate of drug-likeness (QED) is 0.637. The van der Waals surface area contributed by atoms with Crippen LogP contribution in [0, 0.1) is 22.9 Å². The summed E-state index contributed by atoms with van der Waals surface area (Å²) < 4.78 is 19.4. The molecule has 0 spiro atoms. The van der Waals surface area contributed by atoms with Gasteiger partial charge in [0.15, 0.2) is 11.6 Å². The van der Waals surface area contributed by atoms with Crippen LogP contribution in [-0.4, -0.2) is 14.9 Å². The Morgan fingerprint density at radius 2 is 2.21 bits per heavy atom. The van der Waals surface area contributed by atoms with Crippen LogP contribution in [0.1, 0.15) is 5.56 Å². The Hall–Kier alpha value is -2.09. The van der Waals surface area contributed by atoms with E-state index in [2.05, 4.69) is 25.9 Å². The molecule has 0 unspecified atom stereocenters. The van der Waals surface area contributed by atoms with Gasteiger partial charge in [0.2, 0.25) is 5.88 Å². The molecule has 6 nitrogen and oxygen atoms in total. The average molecular weight is 328 g/mol. The minimum Gasteiger partial charge on any atom is -0.435 e. The van der Waals surface area contributed by atoms with Gasteiger partial charge in [0.05, 0.1) is 15.5 Å². The summed E-state index contributed by atoms with van der Waals surface area (Å²) in [6.07, 6.45) is 2.69. The molecule has 0 aliphatic carbocycles. The van der Waals surface area contributed by atoms with Crippen LogP contribution in [0.4, 0.5) is 10.1 Å². The Kier molecular flexibility index (Phi) is 3.70. The van der Waals surface area contributed by atoms with Crippen molar-refractivity contribution in [2.75, 3.05) is 0 Å². The summed E-state index contributed by atoms with van der Waals surface area (Å²) in [6.45, 7) is 1.50. The largest absolute Gasteiger partial charge is 0.435 e. The van der Waals surface area contributed by atoms with E-state index in [1.807, 2.05) is 0 Å². The first-order valence-electron chi connectivity index (χ1n) is 5.07. The maximum atomic E-state index is 13.7. The fourth-order valence-corrected chi connectivity index (χ4v) is 1.70. The summed E-state index contributed by atoms with van der Waals surface area (Å²) in [7, 11) is 0. The van der Waals surface area contributed by atoms with Gasteiger partial charge < -0.3 is 4.74 Å². The number of nitro groups is 1. The minimum atomic E-state index is -0.831. The number of hydrogen-bond acceptors (Lipinski definition) is 5. The summed E-state index contributed by atoms with van der Waals surface area (Å²) in [5, 5.41) is 10.7. The molecule has 2 aromatic rings. The van der Waals surface area contributed by atoms with Gasteiger partial charge in [-0.25, -0.2) is 14.4 Å². The van der Waals surface area contributed by atoms with Crippen LogP contribution < -0.4 is 4.74 Å². The average Bonchev–Trinajstić information content (AvgIpc) is 2.35. The number of nitro benzene ring substituents is 1. The van der Waals surface area contributed by atoms with Crippen LogP contribution in [0.5, 0.6) is 11.6 Å². The zero-order valence-corrected chi connectivity index (χ0v) is 11.2. The highest BCUT2D eigenvalue weighted by molar-refractivity contribution is 9.10. The van der Waals surface area contributed by atoms with Crippen LogP contribution in [0.25, 0.3) is 0 Å². The number of nitrogens with zero attached hydrogens (tertiary/aromatic N) is 3. The van der Waals surface area contributed by atoms with Crippen LogP contribution in [-0.2, 0) is 0 Å². The van der Waals surface area contributed by atoms with Crippen LogP contribution >= 0.6 is 15.9 Å². The highest BCUT2D eigenvalue weighted by Gasteiger charge is 2.17. The first-order valence-corrected chi connectivity index (χ1v) is 5.86. The second-order valence-corrected chi connectivity index (χ2v) is 4.46. The molecule has 0 amide bonds. The molecule has 19 heavy (non-hydrogen) atoms. The Balaban J connectivity index is 2.39. The second-order valence-electron chi connectivity index (χ2n) is 3.60. The molecule has 8 heteroatoms. The second kappa shape index (κ2) is 5.27. The van der Waals surface area contributed by atoms with Crippen molar-refractivity contribution in [2.24, 2.45) is 0 Å². The van der Waals surface area contributed by atoms with Crippen molar-refractivity contribution >= 4 is 21.6 Å². The van der Waals surface area contributed by atoms with E-state index < -0.39 is 10.7 Å². The van der Waals surface area contributed by atoms with Gasteiger partial charge in [0, 0.05) is 11.8 Å². The smallest absolute Gasteiger partial charge is 0.275 e. The van der Waals surface area contributed by atoms with Gasteiger partial charge in [-0.3, -0.25) is 10.1 Å². The molecule has 0 saturated heterocycles. The lowest BCUT2D eigenvalue weighted by atomic mass is 10.2. The molecule has 98 valence electrons. The number of ether oxygens (including phenoxy) is 1. The number of aryl methyl sites for hydroxylation is 1. The normalized spacial score (nSPS) is 10.3. The van der Waals surface area contributed by atoms with E-state index in [-0.39, 0.29) is 17.3 Å². The fraction of sp³-hybridized carbons (Fsp3) is 0.0909. The van der Waals surface area contributed by atoms with E-state index in [9.17, 15) is 14.5 Å². The van der Waals surface area contributed by atoms with Crippen molar-refractivity contribution in [3.05, 3.63) is 50.6 Å². The van der Waals surface area contributed by atoms with Crippen LogP contribution in [0.3, 0.4) is 0 Å². The molecule has 0 radical (unpaired) electrons. The van der Waals surface area contributed by atoms with Crippen molar-refractivity contribution in [2.45, 2.75) is 6.92 Å². The Morgan fingerprint density at radius 3 is 2.84 bits per heavy atom. The van der Waals surface area contributed by atoms with Gasteiger partial charge in [-0.2, -0.15) is 0 Å². The van der Waals surface area contributed by atoms with Crippen molar-refractivity contribution < 1.29 is 14.1 Å². The Bertz CT molecular complexity index is 651. The standard InChI is InChI=1S/C11H7BrFN3O3/c1-6-2-10(8(13)3-9(6)16(17)18)19-11-7(12)4-14-5-15-11/h2-5H,1H3. The molecule has 1 heterocycles. The lowest BCUT2D eigenvalue weighted by molar-refractivity contribution is -0.385. The van der Waals surface area contributed by atoms with Gasteiger partial charge in [0.1, 0.15) is 6.33 Å². The zero-order valence-electron chi connectivity index (χ0n) is 9.63. The number of aromatic nitrogens is 2. The van der Waals surface area contributed by atoms with Crippen molar-refractivity contribution in [1.29, 1.82) is 0 Å². The molecule has 0 atom stereocenters. The van der Waals surface area contributed by atoms with Gasteiger partial charge in [-0.1, -0.05) is 0 Å². The third-order valence-corrected chi connectivity index (χ3v) is 2.83. The monoisotopic (exact) mass is 327 g/mol. The van der Waals surface area contributed by atoms with Crippen LogP contribution in [0.15, 0.2) is 29.1 Å². The van der Waals surface area contributed by atoms with Gasteiger partial charge in [-0.05, 0) is 28.9 Å². The molecule has 0 aliphatic rings. The Labute approximate surface area is 115 Å². The van der Waals surface area contributed by atoms with Crippen molar-refractivity contribution in [1.82, 2.24) is 9.97 Å². The SMILES string of the molecule is Cc1cc(Oc2ncncc2Br)c(F)cc1[N+](=O)[O-]. The molecule has 1 aromatic heterocycles. The number of rotatable bonds is 3. The summed E-state index contributed by atoms with van der Waals surface area (Å²) in [5.41, 5.74) is -0.00168. The predicted molar refractivity (Wildman–Crippen MR) is 67.6 cm³/mol. The minimum absolute atomic E-state index is 0.127. The molecule has 2 rings (SSSR count). The third kappa shape index (κ3) is 2.84. The number of halogens is 2. The highest BCUT2D eigenvalue weighted by atomic mass is 79.9. The predicted octanol–water partition coefficient (Wildman–Crippen LogP) is 3.39. The van der Waals surface area contributed by atoms with E-state index in [0.29, 0.717) is 10.0 Å². The lowest BCUT2D eigenvalue weighted by Gasteiger charge is -2.08. The van der Waals surface area contributed by atoms with Gasteiger partial charge >= 0.3 is 0 Å². The lowest BCUT2D eigenvalue weighted by Crippen LogP contribution is -1.97. The first kappa shape index (κ1) is 13.3. The van der Waals surface area contributed by atoms with E-state index in [1.165, 1.54) is 25.5 Å². The highest BCUT2D eigenvalue weighted by Crippen LogP contribution is 2.32. The van der Waals surface area contributed by atoms with E-state index >= 15 is 0 Å². The Morgan fingerprint density at radius 1 is 1.47 bits per heavy atom. The van der Waals surface area contributed by atoms with E-state index in [4.69, 9.17) is 4.74 Å². The van der Waals surface area contributed by atoms with Gasteiger partial charge in [-0.15, -0.1) is 0 Å². The summed E-state index contributed by atoms with van der Waals surface area (Å²) in [4.78, 5) is 17.6. The number of benzene rings is 1. The van der Waals surface area contributed by atoms with E-state index in [1.54, 1.807) is 0 Å². The molecule has 0 fully saturated rings. The first-order chi connectivity index (χ1) is 8.99. The maximum absolute atomic E-state index is 13.7. The third-order valence-electron chi connectivity index (χ3n) is 2.29. The van der Waals surface area contributed by atoms with Crippen molar-refractivity contribution in [3.8, 4) is 11.6 Å². The molecule has 0 N–H and O–H groups in total. The van der Waals surface area contributed by atoms with E-state index in [0.717, 1.165) is 6.07 Å².